The highest BCUT2D eigenvalue weighted by Gasteiger charge is 2.43. The molecule has 4 rings (SSSR count). The molecule has 2 amide bonds. The van der Waals surface area contributed by atoms with E-state index < -0.39 is 0 Å². The fourth-order valence-corrected chi connectivity index (χ4v) is 3.95. The summed E-state index contributed by atoms with van der Waals surface area (Å²) in [5.74, 6) is 0.301. The van der Waals surface area contributed by atoms with Gasteiger partial charge in [-0.1, -0.05) is 23.7 Å². The Labute approximate surface area is 174 Å². The van der Waals surface area contributed by atoms with Gasteiger partial charge in [0.1, 0.15) is 5.70 Å². The van der Waals surface area contributed by atoms with Crippen LogP contribution in [0.15, 0.2) is 48.2 Å². The maximum absolute atomic E-state index is 13.4. The third-order valence-electron chi connectivity index (χ3n) is 5.24. The number of benzene rings is 2. The number of methoxy groups -OCH3 is 2. The zero-order chi connectivity index (χ0) is 20.5. The van der Waals surface area contributed by atoms with E-state index in [0.717, 1.165) is 25.9 Å². The van der Waals surface area contributed by atoms with Crippen LogP contribution in [-0.2, 0) is 9.59 Å². The second-order valence-electron chi connectivity index (χ2n) is 6.91. The van der Waals surface area contributed by atoms with Crippen molar-refractivity contribution in [3.8, 4) is 11.5 Å². The summed E-state index contributed by atoms with van der Waals surface area (Å²) < 4.78 is 10.6. The Morgan fingerprint density at radius 1 is 0.862 bits per heavy atom. The van der Waals surface area contributed by atoms with Gasteiger partial charge in [-0.15, -0.1) is 0 Å². The Morgan fingerprint density at radius 3 is 2.14 bits per heavy atom. The van der Waals surface area contributed by atoms with E-state index >= 15 is 0 Å². The van der Waals surface area contributed by atoms with E-state index in [2.05, 4.69) is 0 Å². The molecular formula is C22H21ClN2O4. The van der Waals surface area contributed by atoms with Crippen LogP contribution in [0.3, 0.4) is 0 Å². The van der Waals surface area contributed by atoms with Gasteiger partial charge in [-0.25, -0.2) is 4.90 Å². The first kappa shape index (κ1) is 19.3. The quantitative estimate of drug-likeness (QED) is 0.700. The highest BCUT2D eigenvalue weighted by atomic mass is 35.5. The Balaban J connectivity index is 1.81. The molecule has 0 atom stereocenters. The minimum atomic E-state index is -0.355. The van der Waals surface area contributed by atoms with Crippen molar-refractivity contribution in [2.45, 2.75) is 12.8 Å². The summed E-state index contributed by atoms with van der Waals surface area (Å²) in [7, 11) is 3.05. The molecule has 150 valence electrons. The van der Waals surface area contributed by atoms with E-state index in [1.165, 1.54) is 19.1 Å². The summed E-state index contributed by atoms with van der Waals surface area (Å²) in [6, 6.07) is 12.0. The van der Waals surface area contributed by atoms with Gasteiger partial charge in [-0.05, 0) is 42.7 Å². The molecular weight excluding hydrogens is 392 g/mol. The largest absolute Gasteiger partial charge is 0.493 e. The molecule has 0 radical (unpaired) electrons. The average Bonchev–Trinajstić information content (AvgIpc) is 3.34. The number of carbonyl (C=O) groups is 2. The molecule has 0 bridgehead atoms. The van der Waals surface area contributed by atoms with Crippen LogP contribution in [0.25, 0.3) is 5.57 Å². The molecule has 2 aliphatic rings. The van der Waals surface area contributed by atoms with E-state index in [4.69, 9.17) is 21.1 Å². The topological polar surface area (TPSA) is 59.1 Å². The molecule has 1 fully saturated rings. The fourth-order valence-electron chi connectivity index (χ4n) is 3.83. The number of ether oxygens (including phenoxy) is 2. The zero-order valence-corrected chi connectivity index (χ0v) is 17.0. The lowest BCUT2D eigenvalue weighted by atomic mass is 10.0. The smallest absolute Gasteiger partial charge is 0.282 e. The Bertz CT molecular complexity index is 994. The lowest BCUT2D eigenvalue weighted by Gasteiger charge is -2.20. The number of carbonyl (C=O) groups excluding carboxylic acids is 2. The highest BCUT2D eigenvalue weighted by molar-refractivity contribution is 6.45. The normalized spacial score (nSPS) is 16.8. The van der Waals surface area contributed by atoms with Crippen molar-refractivity contribution in [2.75, 3.05) is 32.2 Å². The highest BCUT2D eigenvalue weighted by Crippen LogP contribution is 2.39. The van der Waals surface area contributed by atoms with Crippen LogP contribution in [0.1, 0.15) is 18.4 Å². The fraction of sp³-hybridized carbons (Fsp3) is 0.273. The van der Waals surface area contributed by atoms with Gasteiger partial charge in [0.2, 0.25) is 0 Å². The SMILES string of the molecule is COc1ccc(N2C(=O)C(c3ccc(Cl)cc3)=C(N3CCCC3)C2=O)cc1OC. The molecule has 2 aliphatic heterocycles. The maximum atomic E-state index is 13.4. The van der Waals surface area contributed by atoms with Crippen molar-refractivity contribution < 1.29 is 19.1 Å². The summed E-state index contributed by atoms with van der Waals surface area (Å²) >= 11 is 6.02. The molecule has 0 aromatic heterocycles. The van der Waals surface area contributed by atoms with Crippen LogP contribution in [0.2, 0.25) is 5.02 Å². The Hall–Kier alpha value is -2.99. The van der Waals surface area contributed by atoms with Gasteiger partial charge < -0.3 is 14.4 Å². The maximum Gasteiger partial charge on any atom is 0.282 e. The van der Waals surface area contributed by atoms with E-state index in [1.54, 1.807) is 42.5 Å². The standard InChI is InChI=1S/C22H21ClN2O4/c1-28-17-10-9-16(13-18(17)29-2)25-21(26)19(14-5-7-15(23)8-6-14)20(22(25)27)24-11-3-4-12-24/h5-10,13H,3-4,11-12H2,1-2H3. The number of amides is 2. The first-order valence-electron chi connectivity index (χ1n) is 9.41. The summed E-state index contributed by atoms with van der Waals surface area (Å²) in [5.41, 5.74) is 1.98. The number of halogens is 1. The van der Waals surface area contributed by atoms with Crippen LogP contribution < -0.4 is 14.4 Å². The van der Waals surface area contributed by atoms with Crippen molar-refractivity contribution in [3.05, 3.63) is 58.7 Å². The Kier molecular flexibility index (Phi) is 5.20. The first-order valence-corrected chi connectivity index (χ1v) is 9.79. The molecule has 0 saturated carbocycles. The molecule has 0 spiro atoms. The van der Waals surface area contributed by atoms with Gasteiger partial charge in [-0.2, -0.15) is 0 Å². The van der Waals surface area contributed by atoms with Gasteiger partial charge in [-0.3, -0.25) is 9.59 Å². The monoisotopic (exact) mass is 412 g/mol. The number of hydrogen-bond acceptors (Lipinski definition) is 5. The number of likely N-dealkylation sites (tertiary alicyclic amines) is 1. The summed E-state index contributed by atoms with van der Waals surface area (Å²) in [4.78, 5) is 30.1. The second-order valence-corrected chi connectivity index (χ2v) is 7.35. The number of hydrogen-bond donors (Lipinski definition) is 0. The van der Waals surface area contributed by atoms with Crippen LogP contribution in [0.4, 0.5) is 5.69 Å². The minimum absolute atomic E-state index is 0.325. The molecule has 6 nitrogen and oxygen atoms in total. The van der Waals surface area contributed by atoms with Gasteiger partial charge in [0.15, 0.2) is 11.5 Å². The molecule has 0 unspecified atom stereocenters. The van der Waals surface area contributed by atoms with Crippen molar-refractivity contribution in [2.24, 2.45) is 0 Å². The first-order chi connectivity index (χ1) is 14.0. The Morgan fingerprint density at radius 2 is 1.52 bits per heavy atom. The number of nitrogens with zero attached hydrogens (tertiary/aromatic N) is 2. The second kappa shape index (κ2) is 7.79. The molecule has 29 heavy (non-hydrogen) atoms. The summed E-state index contributed by atoms with van der Waals surface area (Å²) in [6.45, 7) is 1.51. The predicted octanol–water partition coefficient (Wildman–Crippen LogP) is 3.74. The molecule has 7 heteroatoms. The summed E-state index contributed by atoms with van der Waals surface area (Å²) in [5, 5.41) is 0.575. The van der Waals surface area contributed by atoms with Crippen LogP contribution in [0.5, 0.6) is 11.5 Å². The molecule has 0 aliphatic carbocycles. The summed E-state index contributed by atoms with van der Waals surface area (Å²) in [6.07, 6.45) is 1.99. The zero-order valence-electron chi connectivity index (χ0n) is 16.3. The van der Waals surface area contributed by atoms with Gasteiger partial charge in [0.25, 0.3) is 11.8 Å². The third-order valence-corrected chi connectivity index (χ3v) is 5.49. The van der Waals surface area contributed by atoms with Crippen molar-refractivity contribution in [1.29, 1.82) is 0 Å². The molecule has 1 saturated heterocycles. The van der Waals surface area contributed by atoms with Crippen LogP contribution >= 0.6 is 11.6 Å². The van der Waals surface area contributed by atoms with Gasteiger partial charge >= 0.3 is 0 Å². The van der Waals surface area contributed by atoms with Crippen molar-refractivity contribution >= 4 is 34.7 Å². The van der Waals surface area contributed by atoms with Crippen LogP contribution in [0, 0.1) is 0 Å². The average molecular weight is 413 g/mol. The van der Waals surface area contributed by atoms with E-state index in [-0.39, 0.29) is 11.8 Å². The van der Waals surface area contributed by atoms with Crippen molar-refractivity contribution in [3.63, 3.8) is 0 Å². The van der Waals surface area contributed by atoms with Crippen molar-refractivity contribution in [1.82, 2.24) is 4.90 Å². The van der Waals surface area contributed by atoms with Gasteiger partial charge in [0, 0.05) is 24.2 Å². The molecule has 2 aromatic rings. The van der Waals surface area contributed by atoms with Crippen LogP contribution in [-0.4, -0.2) is 44.0 Å². The van der Waals surface area contributed by atoms with E-state index in [9.17, 15) is 9.59 Å². The third kappa shape index (κ3) is 3.34. The molecule has 2 heterocycles. The number of anilines is 1. The number of imide groups is 1. The lowest BCUT2D eigenvalue weighted by molar-refractivity contribution is -0.120. The predicted molar refractivity (Wildman–Crippen MR) is 111 cm³/mol. The lowest BCUT2D eigenvalue weighted by Crippen LogP contribution is -2.34. The minimum Gasteiger partial charge on any atom is -0.493 e. The van der Waals surface area contributed by atoms with Gasteiger partial charge in [0.05, 0.1) is 25.5 Å². The molecule has 2 aromatic carbocycles. The van der Waals surface area contributed by atoms with E-state index in [1.807, 2.05) is 4.90 Å². The number of rotatable bonds is 5. The molecule has 0 N–H and O–H groups in total. The van der Waals surface area contributed by atoms with E-state index in [0.29, 0.717) is 39.0 Å².